The molecule has 0 fully saturated rings. The SMILES string of the molecule is O=C(NCC(O)c1ccc2c(c1)CCO2)c1ccco1. The number of carbonyl (C=O) groups is 1. The van der Waals surface area contributed by atoms with Gasteiger partial charge in [-0.05, 0) is 35.4 Å². The van der Waals surface area contributed by atoms with E-state index < -0.39 is 6.10 Å². The number of furan rings is 1. The fourth-order valence-electron chi connectivity index (χ4n) is 2.22. The van der Waals surface area contributed by atoms with Crippen LogP contribution in [0, 0.1) is 0 Å². The van der Waals surface area contributed by atoms with E-state index in [-0.39, 0.29) is 18.2 Å². The van der Waals surface area contributed by atoms with Crippen molar-refractivity contribution in [3.8, 4) is 5.75 Å². The van der Waals surface area contributed by atoms with Crippen molar-refractivity contribution in [3.05, 3.63) is 53.5 Å². The third kappa shape index (κ3) is 2.53. The first kappa shape index (κ1) is 12.7. The lowest BCUT2D eigenvalue weighted by atomic mass is 10.0. The van der Waals surface area contributed by atoms with Crippen LogP contribution < -0.4 is 10.1 Å². The Balaban J connectivity index is 1.62. The molecule has 20 heavy (non-hydrogen) atoms. The summed E-state index contributed by atoms with van der Waals surface area (Å²) in [6.45, 7) is 0.823. The minimum Gasteiger partial charge on any atom is -0.493 e. The molecule has 0 aliphatic carbocycles. The molecular formula is C15H15NO4. The van der Waals surface area contributed by atoms with Crippen LogP contribution in [0.2, 0.25) is 0 Å². The number of hydrogen-bond acceptors (Lipinski definition) is 4. The summed E-state index contributed by atoms with van der Waals surface area (Å²) in [6, 6.07) is 8.81. The van der Waals surface area contributed by atoms with Gasteiger partial charge in [0.2, 0.25) is 0 Å². The minimum atomic E-state index is -0.750. The first-order chi connectivity index (χ1) is 9.74. The fourth-order valence-corrected chi connectivity index (χ4v) is 2.22. The Bertz CT molecular complexity index is 606. The van der Waals surface area contributed by atoms with Gasteiger partial charge in [-0.2, -0.15) is 0 Å². The Hall–Kier alpha value is -2.27. The Kier molecular flexibility index (Phi) is 3.43. The van der Waals surface area contributed by atoms with Crippen molar-refractivity contribution in [1.29, 1.82) is 0 Å². The summed E-state index contributed by atoms with van der Waals surface area (Å²) in [5, 5.41) is 12.7. The van der Waals surface area contributed by atoms with Gasteiger partial charge in [0.25, 0.3) is 5.91 Å². The second kappa shape index (κ2) is 5.38. The third-order valence-corrected chi connectivity index (χ3v) is 3.30. The maximum absolute atomic E-state index is 11.7. The number of aliphatic hydroxyl groups is 1. The quantitative estimate of drug-likeness (QED) is 0.889. The normalized spacial score (nSPS) is 14.4. The van der Waals surface area contributed by atoms with Gasteiger partial charge in [0.1, 0.15) is 5.75 Å². The van der Waals surface area contributed by atoms with Gasteiger partial charge in [-0.15, -0.1) is 0 Å². The van der Waals surface area contributed by atoms with Crippen molar-refractivity contribution in [2.75, 3.05) is 13.2 Å². The lowest BCUT2D eigenvalue weighted by Crippen LogP contribution is -2.28. The number of hydrogen-bond donors (Lipinski definition) is 2. The van der Waals surface area contributed by atoms with Crippen molar-refractivity contribution >= 4 is 5.91 Å². The molecule has 2 N–H and O–H groups in total. The molecule has 2 heterocycles. The highest BCUT2D eigenvalue weighted by Crippen LogP contribution is 2.27. The third-order valence-electron chi connectivity index (χ3n) is 3.30. The van der Waals surface area contributed by atoms with E-state index >= 15 is 0 Å². The van der Waals surface area contributed by atoms with E-state index in [1.165, 1.54) is 6.26 Å². The zero-order valence-electron chi connectivity index (χ0n) is 10.8. The van der Waals surface area contributed by atoms with Crippen LogP contribution in [0.1, 0.15) is 27.8 Å². The van der Waals surface area contributed by atoms with E-state index in [0.29, 0.717) is 6.61 Å². The summed E-state index contributed by atoms with van der Waals surface area (Å²) < 4.78 is 10.4. The Morgan fingerprint density at radius 3 is 3.10 bits per heavy atom. The molecule has 1 unspecified atom stereocenters. The predicted octanol–water partition coefficient (Wildman–Crippen LogP) is 1.68. The average molecular weight is 273 g/mol. The molecule has 1 aromatic carbocycles. The van der Waals surface area contributed by atoms with Crippen molar-refractivity contribution < 1.29 is 19.1 Å². The molecule has 0 radical (unpaired) electrons. The average Bonchev–Trinajstić information content (AvgIpc) is 3.13. The molecule has 3 rings (SSSR count). The van der Waals surface area contributed by atoms with E-state index in [1.807, 2.05) is 18.2 Å². The molecule has 1 aromatic heterocycles. The first-order valence-corrected chi connectivity index (χ1v) is 6.49. The topological polar surface area (TPSA) is 71.7 Å². The number of nitrogens with one attached hydrogen (secondary N) is 1. The maximum Gasteiger partial charge on any atom is 0.287 e. The first-order valence-electron chi connectivity index (χ1n) is 6.49. The van der Waals surface area contributed by atoms with Gasteiger partial charge < -0.3 is 19.6 Å². The van der Waals surface area contributed by atoms with Gasteiger partial charge in [-0.1, -0.05) is 6.07 Å². The molecule has 5 nitrogen and oxygen atoms in total. The molecule has 0 saturated carbocycles. The van der Waals surface area contributed by atoms with E-state index in [9.17, 15) is 9.90 Å². The molecular weight excluding hydrogens is 258 g/mol. The van der Waals surface area contributed by atoms with E-state index in [1.54, 1.807) is 12.1 Å². The second-order valence-corrected chi connectivity index (χ2v) is 4.67. The molecule has 0 spiro atoms. The molecule has 1 atom stereocenters. The highest BCUT2D eigenvalue weighted by Gasteiger charge is 2.16. The monoisotopic (exact) mass is 273 g/mol. The van der Waals surface area contributed by atoms with Crippen LogP contribution in [-0.4, -0.2) is 24.2 Å². The smallest absolute Gasteiger partial charge is 0.287 e. The van der Waals surface area contributed by atoms with Crippen LogP contribution in [0.3, 0.4) is 0 Å². The van der Waals surface area contributed by atoms with Crippen LogP contribution in [-0.2, 0) is 6.42 Å². The summed E-state index contributed by atoms with van der Waals surface area (Å²) >= 11 is 0. The molecule has 5 heteroatoms. The number of carbonyl (C=O) groups excluding carboxylic acids is 1. The lowest BCUT2D eigenvalue weighted by Gasteiger charge is -2.12. The summed E-state index contributed by atoms with van der Waals surface area (Å²) in [5.41, 5.74) is 1.87. The van der Waals surface area contributed by atoms with E-state index in [2.05, 4.69) is 5.32 Å². The zero-order chi connectivity index (χ0) is 13.9. The second-order valence-electron chi connectivity index (χ2n) is 4.67. The van der Waals surface area contributed by atoms with Gasteiger partial charge in [0, 0.05) is 13.0 Å². The van der Waals surface area contributed by atoms with Crippen molar-refractivity contribution in [1.82, 2.24) is 5.32 Å². The van der Waals surface area contributed by atoms with Gasteiger partial charge in [0.05, 0.1) is 19.0 Å². The number of ether oxygens (including phenoxy) is 1. The summed E-state index contributed by atoms with van der Waals surface area (Å²) in [4.78, 5) is 11.7. The molecule has 0 saturated heterocycles. The molecule has 2 aromatic rings. The van der Waals surface area contributed by atoms with Crippen LogP contribution in [0.15, 0.2) is 41.0 Å². The highest BCUT2D eigenvalue weighted by atomic mass is 16.5. The number of benzene rings is 1. The van der Waals surface area contributed by atoms with Gasteiger partial charge >= 0.3 is 0 Å². The predicted molar refractivity (Wildman–Crippen MR) is 71.6 cm³/mol. The van der Waals surface area contributed by atoms with Gasteiger partial charge in [-0.25, -0.2) is 0 Å². The van der Waals surface area contributed by atoms with E-state index in [0.717, 1.165) is 23.3 Å². The van der Waals surface area contributed by atoms with Crippen LogP contribution in [0.5, 0.6) is 5.75 Å². The standard InChI is InChI=1S/C15H15NO4/c17-12(9-16-15(18)14-2-1-6-19-14)10-3-4-13-11(8-10)5-7-20-13/h1-4,6,8,12,17H,5,7,9H2,(H,16,18). The lowest BCUT2D eigenvalue weighted by molar-refractivity contribution is 0.0889. The van der Waals surface area contributed by atoms with E-state index in [4.69, 9.17) is 9.15 Å². The summed E-state index contributed by atoms with van der Waals surface area (Å²) in [7, 11) is 0. The molecule has 1 aliphatic rings. The van der Waals surface area contributed by atoms with Crippen LogP contribution in [0.25, 0.3) is 0 Å². The van der Waals surface area contributed by atoms with Crippen LogP contribution >= 0.6 is 0 Å². The molecule has 104 valence electrons. The van der Waals surface area contributed by atoms with Gasteiger partial charge in [0.15, 0.2) is 5.76 Å². The number of aliphatic hydroxyl groups excluding tert-OH is 1. The van der Waals surface area contributed by atoms with Crippen LogP contribution in [0.4, 0.5) is 0 Å². The Morgan fingerprint density at radius 2 is 2.30 bits per heavy atom. The molecule has 1 amide bonds. The maximum atomic E-state index is 11.7. The Morgan fingerprint density at radius 1 is 1.40 bits per heavy atom. The summed E-state index contributed by atoms with van der Waals surface area (Å²) in [6.07, 6.45) is 1.54. The van der Waals surface area contributed by atoms with Crippen molar-refractivity contribution in [3.63, 3.8) is 0 Å². The largest absolute Gasteiger partial charge is 0.493 e. The van der Waals surface area contributed by atoms with Crippen molar-refractivity contribution in [2.45, 2.75) is 12.5 Å². The number of amides is 1. The fraction of sp³-hybridized carbons (Fsp3) is 0.267. The molecule has 1 aliphatic heterocycles. The molecule has 0 bridgehead atoms. The Labute approximate surface area is 116 Å². The van der Waals surface area contributed by atoms with Crippen molar-refractivity contribution in [2.24, 2.45) is 0 Å². The highest BCUT2D eigenvalue weighted by molar-refractivity contribution is 5.91. The summed E-state index contributed by atoms with van der Waals surface area (Å²) in [5.74, 6) is 0.777. The van der Waals surface area contributed by atoms with Gasteiger partial charge in [-0.3, -0.25) is 4.79 Å². The minimum absolute atomic E-state index is 0.138. The number of rotatable bonds is 4. The zero-order valence-corrected chi connectivity index (χ0v) is 10.8. The number of fused-ring (bicyclic) bond motifs is 1.